The number of aryl methyl sites for hydroxylation is 1. The lowest BCUT2D eigenvalue weighted by Crippen LogP contribution is -2.30. The van der Waals surface area contributed by atoms with E-state index in [1.54, 1.807) is 42.7 Å². The maximum Gasteiger partial charge on any atom is 0.417 e. The molecule has 4 aromatic rings. The molecule has 0 atom stereocenters. The summed E-state index contributed by atoms with van der Waals surface area (Å²) in [6, 6.07) is 12.8. The molecule has 0 saturated heterocycles. The maximum atomic E-state index is 13.4. The largest absolute Gasteiger partial charge is 0.417 e. The molecule has 9 heteroatoms. The van der Waals surface area contributed by atoms with Gasteiger partial charge in [-0.2, -0.15) is 13.2 Å². The van der Waals surface area contributed by atoms with E-state index < -0.39 is 11.7 Å². The number of hydrogen-bond acceptors (Lipinski definition) is 5. The molecule has 0 aliphatic heterocycles. The van der Waals surface area contributed by atoms with Gasteiger partial charge >= 0.3 is 6.18 Å². The zero-order valence-corrected chi connectivity index (χ0v) is 17.7. The first-order chi connectivity index (χ1) is 15.7. The summed E-state index contributed by atoms with van der Waals surface area (Å²) < 4.78 is 38.6. The first kappa shape index (κ1) is 22.2. The van der Waals surface area contributed by atoms with Crippen molar-refractivity contribution in [2.75, 3.05) is 5.73 Å². The number of hydrogen-bond donors (Lipinski definition) is 1. The fraction of sp³-hybridized carbons (Fsp3) is 0.167. The van der Waals surface area contributed by atoms with Crippen molar-refractivity contribution in [1.29, 1.82) is 0 Å². The van der Waals surface area contributed by atoms with Gasteiger partial charge in [-0.25, -0.2) is 4.98 Å². The third-order valence-corrected chi connectivity index (χ3v) is 5.21. The molecule has 3 aromatic heterocycles. The monoisotopic (exact) mass is 451 g/mol. The second-order valence-electron chi connectivity index (χ2n) is 7.65. The number of nitrogens with two attached hydrogens (primary N) is 1. The van der Waals surface area contributed by atoms with Crippen LogP contribution in [0, 0.1) is 6.92 Å². The average Bonchev–Trinajstić information content (AvgIpc) is 2.79. The number of carbonyl (C=O) groups excluding carboxylic acids is 1. The number of carbonyl (C=O) groups is 1. The van der Waals surface area contributed by atoms with E-state index in [0.717, 1.165) is 28.8 Å². The van der Waals surface area contributed by atoms with Crippen LogP contribution in [0.5, 0.6) is 0 Å². The molecule has 2 N–H and O–H groups in total. The van der Waals surface area contributed by atoms with Crippen LogP contribution in [0.25, 0.3) is 10.9 Å². The van der Waals surface area contributed by atoms with Gasteiger partial charge in [0.25, 0.3) is 5.91 Å². The van der Waals surface area contributed by atoms with E-state index in [2.05, 4.69) is 15.0 Å². The molecule has 0 aliphatic rings. The topological polar surface area (TPSA) is 85.0 Å². The van der Waals surface area contributed by atoms with Gasteiger partial charge in [-0.3, -0.25) is 14.8 Å². The summed E-state index contributed by atoms with van der Waals surface area (Å²) in [7, 11) is 0. The normalized spacial score (nSPS) is 11.5. The number of halogens is 3. The molecule has 0 unspecified atom stereocenters. The second-order valence-corrected chi connectivity index (χ2v) is 7.65. The standard InChI is InChI=1S/C24H20F3N5O/c1-15-10-18-11-17(2-5-21(18)31-22(15)28)23(33)32(13-16-6-8-29-9-7-16)14-20-4-3-19(12-30-20)24(25,26)27/h2-12H,13-14H2,1H3,(H2,28,31). The van der Waals surface area contributed by atoms with Gasteiger partial charge in [-0.15, -0.1) is 0 Å². The van der Waals surface area contributed by atoms with E-state index in [0.29, 0.717) is 22.6 Å². The highest BCUT2D eigenvalue weighted by atomic mass is 19.4. The van der Waals surface area contributed by atoms with Gasteiger partial charge in [0, 0.05) is 36.1 Å². The van der Waals surface area contributed by atoms with Crippen LogP contribution in [-0.2, 0) is 19.3 Å². The van der Waals surface area contributed by atoms with Gasteiger partial charge in [-0.1, -0.05) is 0 Å². The molecule has 0 radical (unpaired) electrons. The quantitative estimate of drug-likeness (QED) is 0.472. The van der Waals surface area contributed by atoms with E-state index >= 15 is 0 Å². The molecular weight excluding hydrogens is 431 g/mol. The number of nitrogen functional groups attached to an aromatic ring is 1. The highest BCUT2D eigenvalue weighted by molar-refractivity contribution is 5.98. The van der Waals surface area contributed by atoms with E-state index in [4.69, 9.17) is 5.73 Å². The summed E-state index contributed by atoms with van der Waals surface area (Å²) in [5.41, 5.74) is 8.10. The van der Waals surface area contributed by atoms with Crippen LogP contribution in [0.2, 0.25) is 0 Å². The Kier molecular flexibility index (Phi) is 5.95. The minimum absolute atomic E-state index is 0.0380. The molecular formula is C24H20F3N5O. The number of pyridine rings is 3. The van der Waals surface area contributed by atoms with Crippen LogP contribution < -0.4 is 5.73 Å². The SMILES string of the molecule is Cc1cc2cc(C(=O)N(Cc3ccncc3)Cc3ccc(C(F)(F)F)cn3)ccc2nc1N. The van der Waals surface area contributed by atoms with Crippen LogP contribution in [0.4, 0.5) is 19.0 Å². The number of anilines is 1. The van der Waals surface area contributed by atoms with Gasteiger partial charge in [-0.05, 0) is 66.6 Å². The predicted molar refractivity (Wildman–Crippen MR) is 118 cm³/mol. The van der Waals surface area contributed by atoms with Gasteiger partial charge in [0.15, 0.2) is 0 Å². The highest BCUT2D eigenvalue weighted by Crippen LogP contribution is 2.28. The summed E-state index contributed by atoms with van der Waals surface area (Å²) in [5, 5.41) is 0.768. The van der Waals surface area contributed by atoms with Crippen molar-refractivity contribution < 1.29 is 18.0 Å². The Balaban J connectivity index is 1.66. The highest BCUT2D eigenvalue weighted by Gasteiger charge is 2.30. The molecule has 168 valence electrons. The van der Waals surface area contributed by atoms with Gasteiger partial charge in [0.2, 0.25) is 0 Å². The first-order valence-corrected chi connectivity index (χ1v) is 10.1. The molecule has 1 aromatic carbocycles. The minimum atomic E-state index is -4.47. The summed E-state index contributed by atoms with van der Waals surface area (Å²) in [4.78, 5) is 27.2. The van der Waals surface area contributed by atoms with Crippen LogP contribution in [-0.4, -0.2) is 25.8 Å². The molecule has 0 saturated carbocycles. The van der Waals surface area contributed by atoms with Gasteiger partial charge in [0.05, 0.1) is 23.3 Å². The summed E-state index contributed by atoms with van der Waals surface area (Å²) in [6.07, 6.45) is -0.468. The van der Waals surface area contributed by atoms with Crippen LogP contribution in [0.3, 0.4) is 0 Å². The third-order valence-electron chi connectivity index (χ3n) is 5.21. The molecule has 0 fully saturated rings. The van der Waals surface area contributed by atoms with E-state index in [9.17, 15) is 18.0 Å². The zero-order chi connectivity index (χ0) is 23.6. The lowest BCUT2D eigenvalue weighted by atomic mass is 10.1. The Labute approximate surface area is 187 Å². The van der Waals surface area contributed by atoms with Crippen molar-refractivity contribution in [2.45, 2.75) is 26.2 Å². The molecule has 3 heterocycles. The van der Waals surface area contributed by atoms with Crippen molar-refractivity contribution in [3.63, 3.8) is 0 Å². The smallest absolute Gasteiger partial charge is 0.383 e. The van der Waals surface area contributed by atoms with Crippen molar-refractivity contribution in [3.05, 3.63) is 95.1 Å². The number of alkyl halides is 3. The van der Waals surface area contributed by atoms with Crippen molar-refractivity contribution in [1.82, 2.24) is 19.9 Å². The van der Waals surface area contributed by atoms with Crippen molar-refractivity contribution in [3.8, 4) is 0 Å². The van der Waals surface area contributed by atoms with E-state index in [1.165, 1.54) is 11.0 Å². The fourth-order valence-electron chi connectivity index (χ4n) is 3.40. The Morgan fingerprint density at radius 1 is 1.03 bits per heavy atom. The Hall–Kier alpha value is -4.01. The lowest BCUT2D eigenvalue weighted by molar-refractivity contribution is -0.137. The summed E-state index contributed by atoms with van der Waals surface area (Å²) in [6.45, 7) is 2.11. The van der Waals surface area contributed by atoms with E-state index in [1.807, 2.05) is 13.0 Å². The number of aromatic nitrogens is 3. The predicted octanol–water partition coefficient (Wildman–Crippen LogP) is 4.78. The molecule has 6 nitrogen and oxygen atoms in total. The van der Waals surface area contributed by atoms with Crippen molar-refractivity contribution in [2.24, 2.45) is 0 Å². The lowest BCUT2D eigenvalue weighted by Gasteiger charge is -2.23. The van der Waals surface area contributed by atoms with Crippen LogP contribution in [0.1, 0.15) is 32.7 Å². The molecule has 1 amide bonds. The van der Waals surface area contributed by atoms with Crippen molar-refractivity contribution >= 4 is 22.6 Å². The minimum Gasteiger partial charge on any atom is -0.383 e. The fourth-order valence-corrected chi connectivity index (χ4v) is 3.40. The first-order valence-electron chi connectivity index (χ1n) is 10.1. The number of nitrogens with zero attached hydrogens (tertiary/aromatic N) is 4. The zero-order valence-electron chi connectivity index (χ0n) is 17.7. The number of benzene rings is 1. The van der Waals surface area contributed by atoms with Gasteiger partial charge < -0.3 is 10.6 Å². The summed E-state index contributed by atoms with van der Waals surface area (Å²) in [5.74, 6) is 0.138. The Morgan fingerprint density at radius 2 is 1.79 bits per heavy atom. The second kappa shape index (κ2) is 8.85. The molecule has 33 heavy (non-hydrogen) atoms. The summed E-state index contributed by atoms with van der Waals surface area (Å²) >= 11 is 0. The third kappa shape index (κ3) is 5.08. The van der Waals surface area contributed by atoms with Gasteiger partial charge in [0.1, 0.15) is 5.82 Å². The molecule has 0 bridgehead atoms. The van der Waals surface area contributed by atoms with E-state index in [-0.39, 0.29) is 19.0 Å². The molecule has 0 spiro atoms. The number of rotatable bonds is 5. The molecule has 4 rings (SSSR count). The Bertz CT molecular complexity index is 1290. The van der Waals surface area contributed by atoms with Crippen LogP contribution >= 0.6 is 0 Å². The Morgan fingerprint density at radius 3 is 2.45 bits per heavy atom. The van der Waals surface area contributed by atoms with Crippen LogP contribution in [0.15, 0.2) is 67.1 Å². The number of fused-ring (bicyclic) bond motifs is 1. The maximum absolute atomic E-state index is 13.4. The number of amides is 1. The average molecular weight is 451 g/mol. The molecule has 0 aliphatic carbocycles.